The normalized spacial score (nSPS) is 14.4. The smallest absolute Gasteiger partial charge is 0.237 e. The Morgan fingerprint density at radius 3 is 2.83 bits per heavy atom. The second-order valence-electron chi connectivity index (χ2n) is 5.96. The maximum Gasteiger partial charge on any atom is 0.237 e. The van der Waals surface area contributed by atoms with Gasteiger partial charge in [0.05, 0.1) is 18.0 Å². The highest BCUT2D eigenvalue weighted by molar-refractivity contribution is 7.16. The topological polar surface area (TPSA) is 83.7 Å². The van der Waals surface area contributed by atoms with Gasteiger partial charge in [0.15, 0.2) is 0 Å². The van der Waals surface area contributed by atoms with Crippen molar-refractivity contribution in [2.45, 2.75) is 45.1 Å². The summed E-state index contributed by atoms with van der Waals surface area (Å²) >= 11 is 7.49. The fraction of sp³-hybridized carbons (Fsp3) is 0.467. The van der Waals surface area contributed by atoms with Crippen molar-refractivity contribution < 1.29 is 4.74 Å². The third-order valence-corrected chi connectivity index (χ3v) is 5.01. The summed E-state index contributed by atoms with van der Waals surface area (Å²) in [4.78, 5) is 13.0. The summed E-state index contributed by atoms with van der Waals surface area (Å²) < 4.78 is 5.66. The van der Waals surface area contributed by atoms with Crippen LogP contribution >= 0.6 is 22.9 Å². The molecule has 1 N–H and O–H groups in total. The Labute approximate surface area is 143 Å². The molecule has 1 aliphatic carbocycles. The van der Waals surface area contributed by atoms with Gasteiger partial charge in [0.2, 0.25) is 11.8 Å². The van der Waals surface area contributed by atoms with E-state index in [2.05, 4.69) is 26.3 Å². The Morgan fingerprint density at radius 1 is 1.43 bits per heavy atom. The quantitative estimate of drug-likeness (QED) is 0.878. The first-order chi connectivity index (χ1) is 10.9. The van der Waals surface area contributed by atoms with Gasteiger partial charge in [-0.25, -0.2) is 9.97 Å². The molecule has 6 nitrogen and oxygen atoms in total. The van der Waals surface area contributed by atoms with Gasteiger partial charge in [-0.15, -0.1) is 0 Å². The van der Waals surface area contributed by atoms with Crippen LogP contribution < -0.4 is 10.1 Å². The molecule has 120 valence electrons. The van der Waals surface area contributed by atoms with Crippen molar-refractivity contribution in [3.05, 3.63) is 21.9 Å². The number of halogens is 1. The number of hydrogen-bond donors (Lipinski definition) is 1. The van der Waals surface area contributed by atoms with E-state index in [4.69, 9.17) is 16.3 Å². The van der Waals surface area contributed by atoms with E-state index in [0.717, 1.165) is 28.5 Å². The first-order valence-corrected chi connectivity index (χ1v) is 8.44. The Kier molecular flexibility index (Phi) is 4.13. The van der Waals surface area contributed by atoms with Crippen molar-refractivity contribution in [1.82, 2.24) is 15.0 Å². The zero-order chi connectivity index (χ0) is 16.6. The minimum Gasteiger partial charge on any atom is -0.473 e. The van der Waals surface area contributed by atoms with Crippen LogP contribution in [0, 0.1) is 18.3 Å². The number of rotatable bonds is 5. The fourth-order valence-electron chi connectivity index (χ4n) is 1.77. The minimum absolute atomic E-state index is 0.212. The summed E-state index contributed by atoms with van der Waals surface area (Å²) in [5.74, 6) is 0.796. The van der Waals surface area contributed by atoms with Gasteiger partial charge in [-0.3, -0.25) is 0 Å². The van der Waals surface area contributed by atoms with Gasteiger partial charge in [0.1, 0.15) is 26.6 Å². The van der Waals surface area contributed by atoms with E-state index >= 15 is 0 Å². The molecule has 8 heteroatoms. The number of thiazole rings is 1. The van der Waals surface area contributed by atoms with Gasteiger partial charge >= 0.3 is 0 Å². The minimum atomic E-state index is -0.629. The summed E-state index contributed by atoms with van der Waals surface area (Å²) in [6, 6.07) is 2.26. The molecule has 2 aromatic rings. The van der Waals surface area contributed by atoms with E-state index in [1.54, 1.807) is 0 Å². The Hall–Kier alpha value is -1.91. The van der Waals surface area contributed by atoms with Gasteiger partial charge in [-0.1, -0.05) is 22.9 Å². The predicted octanol–water partition coefficient (Wildman–Crippen LogP) is 3.98. The van der Waals surface area contributed by atoms with Crippen LogP contribution in [0.4, 0.5) is 10.9 Å². The maximum absolute atomic E-state index is 9.23. The molecule has 3 rings (SSSR count). The van der Waals surface area contributed by atoms with Crippen LogP contribution in [-0.2, 0) is 5.41 Å². The number of aromatic nitrogens is 3. The summed E-state index contributed by atoms with van der Waals surface area (Å²) in [6.45, 7) is 5.57. The predicted molar refractivity (Wildman–Crippen MR) is 89.5 cm³/mol. The molecule has 0 saturated heterocycles. The van der Waals surface area contributed by atoms with Gasteiger partial charge in [-0.05, 0) is 33.6 Å². The van der Waals surface area contributed by atoms with E-state index in [1.165, 1.54) is 17.5 Å². The number of aryl methyl sites for hydroxylation is 1. The average Bonchev–Trinajstić information content (AvgIpc) is 3.25. The lowest BCUT2D eigenvalue weighted by Gasteiger charge is -2.10. The molecule has 0 amide bonds. The molecule has 1 saturated carbocycles. The number of nitriles is 1. The van der Waals surface area contributed by atoms with Gasteiger partial charge in [0, 0.05) is 0 Å². The lowest BCUT2D eigenvalue weighted by molar-refractivity contribution is 0.291. The van der Waals surface area contributed by atoms with E-state index in [9.17, 15) is 5.26 Å². The first-order valence-electron chi connectivity index (χ1n) is 7.24. The lowest BCUT2D eigenvalue weighted by atomic mass is 9.97. The number of nitrogens with one attached hydrogen (secondary N) is 1. The maximum atomic E-state index is 9.23. The van der Waals surface area contributed by atoms with E-state index in [1.807, 2.05) is 20.8 Å². The Balaban J connectivity index is 1.83. The highest BCUT2D eigenvalue weighted by Crippen LogP contribution is 2.35. The fourth-order valence-corrected chi connectivity index (χ4v) is 2.92. The monoisotopic (exact) mass is 349 g/mol. The van der Waals surface area contributed by atoms with Crippen molar-refractivity contribution in [3.63, 3.8) is 0 Å². The van der Waals surface area contributed by atoms with Crippen LogP contribution in [0.25, 0.3) is 0 Å². The average molecular weight is 350 g/mol. The third-order valence-electron chi connectivity index (χ3n) is 3.35. The summed E-state index contributed by atoms with van der Waals surface area (Å²) in [5, 5.41) is 14.3. The number of anilines is 2. The molecule has 23 heavy (non-hydrogen) atoms. The molecule has 2 heterocycles. The van der Waals surface area contributed by atoms with Crippen molar-refractivity contribution in [1.29, 1.82) is 5.26 Å². The van der Waals surface area contributed by atoms with Crippen LogP contribution in [-0.4, -0.2) is 21.1 Å². The first kappa shape index (κ1) is 16.0. The molecular weight excluding hydrogens is 334 g/mol. The van der Waals surface area contributed by atoms with Crippen LogP contribution in [0.15, 0.2) is 6.20 Å². The SMILES string of the molecule is Cc1nc(C(C)(C)C#N)sc1Nc1ncc(Cl)c(OC2CC2)n1. The van der Waals surface area contributed by atoms with E-state index in [-0.39, 0.29) is 6.10 Å². The highest BCUT2D eigenvalue weighted by Gasteiger charge is 2.27. The molecule has 0 aliphatic heterocycles. The van der Waals surface area contributed by atoms with Crippen molar-refractivity contribution >= 4 is 33.9 Å². The standard InChI is InChI=1S/C15H16ClN5OS/c1-8-12(23-13(19-8)15(2,3)7-17)21-14-18-6-10(16)11(20-14)22-9-4-5-9/h6,9H,4-5H2,1-3H3,(H,18,20,21). The number of ether oxygens (including phenoxy) is 1. The third kappa shape index (κ3) is 3.54. The summed E-state index contributed by atoms with van der Waals surface area (Å²) in [5.41, 5.74) is 0.174. The molecule has 0 aromatic carbocycles. The number of nitrogens with zero attached hydrogens (tertiary/aromatic N) is 4. The van der Waals surface area contributed by atoms with Gasteiger partial charge in [-0.2, -0.15) is 10.2 Å². The van der Waals surface area contributed by atoms with Gasteiger partial charge in [0.25, 0.3) is 0 Å². The van der Waals surface area contributed by atoms with Crippen LogP contribution in [0.2, 0.25) is 5.02 Å². The molecule has 0 spiro atoms. The highest BCUT2D eigenvalue weighted by atomic mass is 35.5. The molecule has 0 radical (unpaired) electrons. The molecule has 0 bridgehead atoms. The molecule has 1 fully saturated rings. The van der Waals surface area contributed by atoms with Crippen molar-refractivity contribution in [2.75, 3.05) is 5.32 Å². The summed E-state index contributed by atoms with van der Waals surface area (Å²) in [7, 11) is 0. The van der Waals surface area contributed by atoms with Gasteiger partial charge < -0.3 is 10.1 Å². The lowest BCUT2D eigenvalue weighted by Crippen LogP contribution is -2.13. The summed E-state index contributed by atoms with van der Waals surface area (Å²) in [6.07, 6.45) is 3.79. The molecule has 1 aliphatic rings. The van der Waals surface area contributed by atoms with Crippen LogP contribution in [0.5, 0.6) is 5.88 Å². The molecule has 0 atom stereocenters. The van der Waals surface area contributed by atoms with Crippen LogP contribution in [0.1, 0.15) is 37.4 Å². The largest absolute Gasteiger partial charge is 0.473 e. The zero-order valence-electron chi connectivity index (χ0n) is 13.1. The second-order valence-corrected chi connectivity index (χ2v) is 7.37. The Morgan fingerprint density at radius 2 is 2.17 bits per heavy atom. The van der Waals surface area contributed by atoms with E-state index in [0.29, 0.717) is 16.9 Å². The van der Waals surface area contributed by atoms with Crippen LogP contribution in [0.3, 0.4) is 0 Å². The zero-order valence-corrected chi connectivity index (χ0v) is 14.6. The molecule has 0 unspecified atom stereocenters. The van der Waals surface area contributed by atoms with E-state index < -0.39 is 5.41 Å². The second kappa shape index (κ2) is 5.95. The van der Waals surface area contributed by atoms with Crippen molar-refractivity contribution in [3.8, 4) is 11.9 Å². The molecule has 2 aromatic heterocycles. The number of hydrogen-bond acceptors (Lipinski definition) is 7. The molecular formula is C15H16ClN5OS. The van der Waals surface area contributed by atoms with Crippen molar-refractivity contribution in [2.24, 2.45) is 0 Å². The Bertz CT molecular complexity index is 779.